The number of allylic oxidation sites excluding steroid dienone is 1. The zero-order chi connectivity index (χ0) is 21.7. The second kappa shape index (κ2) is 7.54. The minimum absolute atomic E-state index is 0.235. The Bertz CT molecular complexity index is 1330. The summed E-state index contributed by atoms with van der Waals surface area (Å²) in [5.41, 5.74) is 3.57. The van der Waals surface area contributed by atoms with Gasteiger partial charge in [0.15, 0.2) is 5.65 Å². The molecule has 3 aromatic rings. The number of carboxylic acid groups (broad SMARTS) is 1. The van der Waals surface area contributed by atoms with Gasteiger partial charge in [-0.2, -0.15) is 0 Å². The minimum atomic E-state index is -0.955. The number of pyridine rings is 1. The van der Waals surface area contributed by atoms with Crippen LogP contribution < -0.4 is 15.9 Å². The zero-order valence-electron chi connectivity index (χ0n) is 18.2. The largest absolute Gasteiger partial charge is 0.478 e. The molecule has 3 atom stereocenters. The van der Waals surface area contributed by atoms with Gasteiger partial charge in [0.05, 0.1) is 16.4 Å². The lowest BCUT2D eigenvalue weighted by Gasteiger charge is -2.38. The lowest BCUT2D eigenvalue weighted by Crippen LogP contribution is -2.54. The second-order valence-electron chi connectivity index (χ2n) is 8.96. The van der Waals surface area contributed by atoms with E-state index in [9.17, 15) is 9.90 Å². The molecule has 160 valence electrons. The molecule has 31 heavy (non-hydrogen) atoms. The number of carboxylic acids is 1. The number of aromatic nitrogens is 2. The maximum absolute atomic E-state index is 12.3. The SMILES string of the molecule is CC1C=CC(N2CC(C)NC(C)C2)=c2cc(C(=O)O)c3nc4ccccc4n3c2=CC1. The van der Waals surface area contributed by atoms with E-state index in [1.807, 2.05) is 34.7 Å². The summed E-state index contributed by atoms with van der Waals surface area (Å²) in [5, 5.41) is 15.6. The molecular formula is C25H28N4O2. The van der Waals surface area contributed by atoms with Gasteiger partial charge in [0, 0.05) is 36.1 Å². The van der Waals surface area contributed by atoms with Crippen LogP contribution in [0.25, 0.3) is 28.5 Å². The van der Waals surface area contributed by atoms with Crippen molar-refractivity contribution in [3.8, 4) is 0 Å². The number of nitrogens with one attached hydrogen (secondary N) is 1. The van der Waals surface area contributed by atoms with Gasteiger partial charge in [0.25, 0.3) is 0 Å². The molecule has 0 bridgehead atoms. The Morgan fingerprint density at radius 3 is 2.65 bits per heavy atom. The smallest absolute Gasteiger partial charge is 0.339 e. The van der Waals surface area contributed by atoms with Crippen molar-refractivity contribution in [3.63, 3.8) is 0 Å². The van der Waals surface area contributed by atoms with Crippen LogP contribution in [-0.4, -0.2) is 50.5 Å². The zero-order valence-corrected chi connectivity index (χ0v) is 18.2. The highest BCUT2D eigenvalue weighted by molar-refractivity contribution is 5.97. The molecular weight excluding hydrogens is 388 g/mol. The van der Waals surface area contributed by atoms with Gasteiger partial charge in [-0.1, -0.05) is 31.2 Å². The molecule has 0 saturated carbocycles. The van der Waals surface area contributed by atoms with Crippen molar-refractivity contribution < 1.29 is 9.90 Å². The van der Waals surface area contributed by atoms with Crippen molar-refractivity contribution in [2.24, 2.45) is 5.92 Å². The summed E-state index contributed by atoms with van der Waals surface area (Å²) in [6, 6.07) is 10.4. The molecule has 1 aromatic carbocycles. The van der Waals surface area contributed by atoms with Crippen LogP contribution in [0.3, 0.4) is 0 Å². The van der Waals surface area contributed by atoms with E-state index in [-0.39, 0.29) is 5.56 Å². The molecule has 5 rings (SSSR count). The molecule has 1 saturated heterocycles. The Morgan fingerprint density at radius 2 is 1.90 bits per heavy atom. The third kappa shape index (κ3) is 3.41. The number of hydrogen-bond acceptors (Lipinski definition) is 4. The molecule has 1 aliphatic heterocycles. The van der Waals surface area contributed by atoms with E-state index in [1.165, 1.54) is 0 Å². The molecule has 1 aliphatic carbocycles. The van der Waals surface area contributed by atoms with E-state index in [4.69, 9.17) is 4.98 Å². The van der Waals surface area contributed by atoms with Crippen molar-refractivity contribution >= 4 is 34.4 Å². The maximum Gasteiger partial charge on any atom is 0.339 e. The monoisotopic (exact) mass is 416 g/mol. The fourth-order valence-corrected chi connectivity index (χ4v) is 4.94. The number of aromatic carboxylic acids is 1. The van der Waals surface area contributed by atoms with E-state index in [1.54, 1.807) is 0 Å². The number of hydrogen-bond donors (Lipinski definition) is 2. The Hall–Kier alpha value is -3.12. The van der Waals surface area contributed by atoms with Gasteiger partial charge in [-0.25, -0.2) is 9.78 Å². The highest BCUT2D eigenvalue weighted by Crippen LogP contribution is 2.20. The first kappa shape index (κ1) is 19.8. The number of imidazole rings is 1. The quantitative estimate of drug-likeness (QED) is 0.671. The van der Waals surface area contributed by atoms with Crippen LogP contribution in [-0.2, 0) is 0 Å². The molecule has 3 heterocycles. The van der Waals surface area contributed by atoms with Gasteiger partial charge in [0.1, 0.15) is 5.56 Å². The van der Waals surface area contributed by atoms with Crippen LogP contribution in [0.15, 0.2) is 42.5 Å². The van der Waals surface area contributed by atoms with Crippen LogP contribution >= 0.6 is 0 Å². The van der Waals surface area contributed by atoms with E-state index in [0.717, 1.165) is 46.8 Å². The van der Waals surface area contributed by atoms with Crippen molar-refractivity contribution in [3.05, 3.63) is 58.6 Å². The molecule has 1 fully saturated rings. The third-order valence-electron chi connectivity index (χ3n) is 6.28. The van der Waals surface area contributed by atoms with E-state index in [0.29, 0.717) is 23.6 Å². The molecule has 2 aromatic heterocycles. The molecule has 0 amide bonds. The van der Waals surface area contributed by atoms with E-state index >= 15 is 0 Å². The van der Waals surface area contributed by atoms with Crippen LogP contribution in [0.4, 0.5) is 0 Å². The normalized spacial score (nSPS) is 24.0. The summed E-state index contributed by atoms with van der Waals surface area (Å²) in [7, 11) is 0. The summed E-state index contributed by atoms with van der Waals surface area (Å²) in [5.74, 6) is -0.561. The highest BCUT2D eigenvalue weighted by atomic mass is 16.4. The van der Waals surface area contributed by atoms with Crippen LogP contribution in [0, 0.1) is 5.92 Å². The molecule has 6 nitrogen and oxygen atoms in total. The second-order valence-corrected chi connectivity index (χ2v) is 8.96. The summed E-state index contributed by atoms with van der Waals surface area (Å²) in [6.45, 7) is 8.36. The maximum atomic E-state index is 12.3. The Kier molecular flexibility index (Phi) is 4.82. The topological polar surface area (TPSA) is 69.9 Å². The van der Waals surface area contributed by atoms with Crippen molar-refractivity contribution in [2.75, 3.05) is 13.1 Å². The van der Waals surface area contributed by atoms with E-state index < -0.39 is 5.97 Å². The number of nitrogens with zero attached hydrogens (tertiary/aromatic N) is 3. The summed E-state index contributed by atoms with van der Waals surface area (Å²) in [4.78, 5) is 19.3. The van der Waals surface area contributed by atoms with Gasteiger partial charge in [-0.3, -0.25) is 4.40 Å². The third-order valence-corrected chi connectivity index (χ3v) is 6.28. The first-order valence-electron chi connectivity index (χ1n) is 11.0. The summed E-state index contributed by atoms with van der Waals surface area (Å²) >= 11 is 0. The average molecular weight is 417 g/mol. The fourth-order valence-electron chi connectivity index (χ4n) is 4.94. The predicted octanol–water partition coefficient (Wildman–Crippen LogP) is 2.35. The lowest BCUT2D eigenvalue weighted by atomic mass is 10.0. The van der Waals surface area contributed by atoms with Gasteiger partial charge in [-0.15, -0.1) is 0 Å². The van der Waals surface area contributed by atoms with Gasteiger partial charge in [-0.05, 0) is 50.5 Å². The van der Waals surface area contributed by atoms with Gasteiger partial charge >= 0.3 is 5.97 Å². The number of piperazine rings is 1. The van der Waals surface area contributed by atoms with Crippen LogP contribution in [0.1, 0.15) is 37.6 Å². The Balaban J connectivity index is 1.95. The molecule has 2 aliphatic rings. The number of fused-ring (bicyclic) bond motifs is 5. The van der Waals surface area contributed by atoms with Crippen molar-refractivity contribution in [2.45, 2.75) is 39.3 Å². The molecule has 0 radical (unpaired) electrons. The molecule has 2 N–H and O–H groups in total. The van der Waals surface area contributed by atoms with E-state index in [2.05, 4.69) is 49.2 Å². The number of carbonyl (C=O) groups is 1. The van der Waals surface area contributed by atoms with Crippen molar-refractivity contribution in [1.29, 1.82) is 0 Å². The summed E-state index contributed by atoms with van der Waals surface area (Å²) in [6.07, 6.45) is 7.56. The molecule has 3 unspecified atom stereocenters. The van der Waals surface area contributed by atoms with Crippen molar-refractivity contribution in [1.82, 2.24) is 19.6 Å². The Labute approximate surface area is 181 Å². The van der Waals surface area contributed by atoms with Crippen LogP contribution in [0.2, 0.25) is 0 Å². The Morgan fingerprint density at radius 1 is 1.16 bits per heavy atom. The fraction of sp³-hybridized carbons (Fsp3) is 0.360. The number of rotatable bonds is 2. The number of benzene rings is 1. The minimum Gasteiger partial charge on any atom is -0.478 e. The number of para-hydroxylation sites is 2. The van der Waals surface area contributed by atoms with Gasteiger partial charge in [0.2, 0.25) is 0 Å². The van der Waals surface area contributed by atoms with Crippen LogP contribution in [0.5, 0.6) is 0 Å². The highest BCUT2D eigenvalue weighted by Gasteiger charge is 2.24. The first-order valence-corrected chi connectivity index (χ1v) is 11.0. The average Bonchev–Trinajstić information content (AvgIpc) is 3.09. The molecule has 6 heteroatoms. The molecule has 0 spiro atoms. The lowest BCUT2D eigenvalue weighted by molar-refractivity contribution is 0.0698. The summed E-state index contributed by atoms with van der Waals surface area (Å²) < 4.78 is 2.04. The van der Waals surface area contributed by atoms with Gasteiger partial charge < -0.3 is 15.3 Å². The predicted molar refractivity (Wildman–Crippen MR) is 123 cm³/mol. The standard InChI is InChI=1S/C25H28N4O2/c1-15-8-10-21(28-13-16(2)26-17(3)14-28)18-12-19(25(30)31)24-27-20-6-4-5-7-23(20)29(24)22(18)11-9-15/h4-8,10-12,15-17,26H,9,13-14H2,1-3H3,(H,30,31). The first-order chi connectivity index (χ1) is 14.9.